The predicted octanol–water partition coefficient (Wildman–Crippen LogP) is 25.4. The van der Waals surface area contributed by atoms with Crippen molar-refractivity contribution in [2.45, 2.75) is 219 Å². The van der Waals surface area contributed by atoms with E-state index in [9.17, 15) is 13.2 Å². The quantitative estimate of drug-likeness (QED) is 0.114. The van der Waals surface area contributed by atoms with E-state index in [0.717, 1.165) is 125 Å². The minimum absolute atomic E-state index is 0.110. The van der Waals surface area contributed by atoms with Crippen LogP contribution in [0.5, 0.6) is 0 Å². The summed E-state index contributed by atoms with van der Waals surface area (Å²) in [5.41, 5.74) is 38.9. The first kappa shape index (κ1) is 93.4. The van der Waals surface area contributed by atoms with E-state index in [2.05, 4.69) is 283 Å². The maximum absolute atomic E-state index is 14.3. The lowest BCUT2D eigenvalue weighted by Gasteiger charge is -2.18. The first-order valence-electron chi connectivity index (χ1n) is 44.0. The third-order valence-corrected chi connectivity index (χ3v) is 24.5. The normalized spacial score (nSPS) is 11.7. The van der Waals surface area contributed by atoms with Crippen molar-refractivity contribution in [1.29, 1.82) is 0 Å². The van der Waals surface area contributed by atoms with Crippen LogP contribution in [-0.2, 0) is 60.9 Å². The number of benzene rings is 10. The number of halogens is 3. The molecule has 0 aliphatic rings. The topological polar surface area (TPSA) is 83.8 Å². The first-order chi connectivity index (χ1) is 58.2. The van der Waals surface area contributed by atoms with Gasteiger partial charge in [-0.25, -0.2) is 36.0 Å². The molecule has 15 aromatic rings. The fourth-order valence-electron chi connectivity index (χ4n) is 17.5. The van der Waals surface area contributed by atoms with Crippen LogP contribution in [0.4, 0.5) is 13.2 Å². The number of hydrogen-bond acceptors (Lipinski definition) is 5. The summed E-state index contributed by atoms with van der Waals surface area (Å²) in [5.74, 6) is 1.40. The zero-order valence-corrected chi connectivity index (χ0v) is 80.3. The van der Waals surface area contributed by atoms with Gasteiger partial charge in [-0.1, -0.05) is 137 Å². The Kier molecular flexibility index (Phi) is 28.6. The van der Waals surface area contributed by atoms with Gasteiger partial charge >= 0.3 is 0 Å². The van der Waals surface area contributed by atoms with Gasteiger partial charge in [0.15, 0.2) is 27.6 Å². The summed E-state index contributed by atoms with van der Waals surface area (Å²) in [5, 5.41) is 5.74. The highest BCUT2D eigenvalue weighted by Gasteiger charge is 2.28. The second-order valence-electron chi connectivity index (χ2n) is 39.0. The molecule has 0 bridgehead atoms. The van der Waals surface area contributed by atoms with Crippen LogP contribution in [0.15, 0.2) is 165 Å². The zero-order valence-electron chi connectivity index (χ0n) is 80.3. The molecule has 5 aromatic heterocycles. The van der Waals surface area contributed by atoms with E-state index in [1.807, 2.05) is 147 Å². The van der Waals surface area contributed by atoms with Crippen molar-refractivity contribution in [3.63, 3.8) is 0 Å². The Bertz CT molecular complexity index is 6590. The molecule has 15 rings (SSSR count). The molecule has 10 aromatic carbocycles. The Morgan fingerprint density at radius 3 is 0.774 bits per heavy atom. The smallest absolute Gasteiger partial charge is 0.232 e. The highest BCUT2D eigenvalue weighted by atomic mass is 19.1. The van der Waals surface area contributed by atoms with Crippen LogP contribution in [0.1, 0.15) is 200 Å². The van der Waals surface area contributed by atoms with Crippen molar-refractivity contribution in [1.82, 2.24) is 24.9 Å². The van der Waals surface area contributed by atoms with E-state index in [-0.39, 0.29) is 28.3 Å². The Labute approximate surface area is 737 Å². The molecule has 0 radical (unpaired) electrons. The number of aryl methyl sites for hydroxylation is 12. The van der Waals surface area contributed by atoms with E-state index >= 15 is 0 Å². The van der Waals surface area contributed by atoms with Gasteiger partial charge < -0.3 is 0 Å². The fraction of sp³-hybridized carbons (Fsp3) is 0.369. The van der Waals surface area contributed by atoms with Gasteiger partial charge in [0.05, 0.1) is 62.2 Å². The van der Waals surface area contributed by atoms with Gasteiger partial charge in [0.1, 0.15) is 45.9 Å². The lowest BCUT2D eigenvalue weighted by molar-refractivity contribution is -0.662. The molecule has 0 amide bonds. The summed E-state index contributed by atoms with van der Waals surface area (Å²) in [6.07, 6.45) is 13.6. The van der Waals surface area contributed by atoms with Gasteiger partial charge in [0, 0.05) is 27.8 Å². The lowest BCUT2D eigenvalue weighted by atomic mass is 9.87. The minimum Gasteiger partial charge on any atom is -0.232 e. The number of hydrogen-bond donors (Lipinski definition) is 0. The number of rotatable bonds is 12. The summed E-state index contributed by atoms with van der Waals surface area (Å²) in [7, 11) is 10.2. The molecule has 0 saturated heterocycles. The lowest BCUT2D eigenvalue weighted by Crippen LogP contribution is -2.32. The third kappa shape index (κ3) is 20.9. The van der Waals surface area contributed by atoms with Crippen LogP contribution in [0, 0.1) is 144 Å². The fourth-order valence-corrected chi connectivity index (χ4v) is 17.5. The van der Waals surface area contributed by atoms with E-state index in [1.165, 1.54) is 94.5 Å². The Hall–Kier alpha value is -11.3. The number of aromatic nitrogens is 10. The predicted molar refractivity (Wildman–Crippen MR) is 510 cm³/mol. The van der Waals surface area contributed by atoms with Crippen LogP contribution >= 0.6 is 0 Å². The second-order valence-corrected chi connectivity index (χ2v) is 39.0. The Morgan fingerprint density at radius 1 is 0.274 bits per heavy atom. The summed E-state index contributed by atoms with van der Waals surface area (Å²) >= 11 is 0. The van der Waals surface area contributed by atoms with Crippen molar-refractivity contribution in [2.75, 3.05) is 0 Å². The molecule has 0 spiro atoms. The zero-order chi connectivity index (χ0) is 90.9. The van der Waals surface area contributed by atoms with Crippen LogP contribution in [0.25, 0.3) is 111 Å². The molecular weight excluding hydrogens is 1530 g/mol. The molecule has 5 heterocycles. The maximum Gasteiger partial charge on any atom is 0.287 e. The molecule has 13 heteroatoms. The van der Waals surface area contributed by atoms with Crippen LogP contribution in [0.3, 0.4) is 0 Å². The van der Waals surface area contributed by atoms with Crippen molar-refractivity contribution < 1.29 is 36.0 Å². The highest BCUT2D eigenvalue weighted by Crippen LogP contribution is 2.39. The molecule has 0 saturated carbocycles. The summed E-state index contributed by atoms with van der Waals surface area (Å²) in [4.78, 5) is 23.2. The van der Waals surface area contributed by atoms with Crippen LogP contribution < -0.4 is 22.8 Å². The van der Waals surface area contributed by atoms with Crippen molar-refractivity contribution in [3.8, 4) is 56.3 Å². The van der Waals surface area contributed by atoms with Gasteiger partial charge in [0.25, 0.3) is 31.6 Å². The van der Waals surface area contributed by atoms with E-state index in [4.69, 9.17) is 4.98 Å². The first-order valence-corrected chi connectivity index (χ1v) is 44.0. The average molecular weight is 1670 g/mol. The largest absolute Gasteiger partial charge is 0.287 e. The average Bonchev–Trinajstić information content (AvgIpc) is 0.803. The van der Waals surface area contributed by atoms with Gasteiger partial charge in [-0.05, 0) is 374 Å². The van der Waals surface area contributed by atoms with Crippen LogP contribution in [0.2, 0.25) is 0 Å². The molecule has 0 atom stereocenters. The van der Waals surface area contributed by atoms with E-state index in [0.29, 0.717) is 45.6 Å². The minimum atomic E-state index is -0.112. The van der Waals surface area contributed by atoms with Gasteiger partial charge in [-0.15, -0.1) is 0 Å². The van der Waals surface area contributed by atoms with Crippen molar-refractivity contribution in [2.24, 2.45) is 57.9 Å². The summed E-state index contributed by atoms with van der Waals surface area (Å²) in [6.45, 7) is 57.0. The monoisotopic (exact) mass is 1660 g/mol. The maximum atomic E-state index is 14.3. The van der Waals surface area contributed by atoms with Crippen molar-refractivity contribution in [3.05, 3.63) is 294 Å². The molecule has 0 unspecified atom stereocenters. The third-order valence-electron chi connectivity index (χ3n) is 24.5. The molecule has 644 valence electrons. The van der Waals surface area contributed by atoms with Crippen molar-refractivity contribution >= 4 is 54.5 Å². The Balaban J connectivity index is 0.000000151. The van der Waals surface area contributed by atoms with Gasteiger partial charge in [-0.2, -0.15) is 0 Å². The SMILES string of the molecule is Cc1cc(-c2c3ccc(C(C)C)cc3nc[n+]2C)c(C)c(C)c1F.Cc1cc(-c2c3ccc(CC(C)(C)C)cc3nc[n+]2C)c(C)c(C)c1F.Cc1cc(-c2c3ccc(CC(C)C)cc3nc[n+]2C)c(C)c(C)c1F.Cc1cc(C)c(C)c(-c2c3ccc(CC(C)(C)C)cc3nc[n+]2C)c1.Cc1cc(C)c(C)c(-c2c3ccc(CC(C)C)cc3nc[n+]2C)c1. The standard InChI is InChI=1S/C23H28FN2.C23H29N2.C22H26FN2.C22H27N2.C21H24FN2/c1-14-10-19(15(2)16(3)21(14)24)22-18-9-8-17(12-23(4,5)6)11-20(18)25-13-26(22)7;1-15-10-16(2)17(3)20(11-15)22-19-9-8-18(13-23(4,5)6)12-21(19)24-14-25(22)7;1-13(2)9-17-7-8-18-20(11-17)24-12-25(6)22(18)19-10-14(3)21(23)16(5)15(19)4;1-14(2)9-18-7-8-19-21(12-18)23-13-24(6)22(19)20-11-15(3)10-16(4)17(20)5;1-12(2)16-7-8-17-19(10-16)23-11-24(6)21(17)18-9-13(3)20(22)15(5)14(18)4/h8-11,13H,12H2,1-7H3;8-12,14H,13H2,1-7H3;7-8,10-13H,9H2,1-6H3;7-8,10-14H,9H2,1-6H3;7-12H,1-6H3/q5*+1. The summed E-state index contributed by atoms with van der Waals surface area (Å²) < 4.78 is 53.2. The highest BCUT2D eigenvalue weighted by molar-refractivity contribution is 5.96. The molecular formula is C111H134F3N10+5. The van der Waals surface area contributed by atoms with E-state index in [1.54, 1.807) is 0 Å². The number of fused-ring (bicyclic) bond motifs is 5. The van der Waals surface area contributed by atoms with Crippen LogP contribution in [-0.4, -0.2) is 24.9 Å². The molecule has 0 fully saturated rings. The second kappa shape index (κ2) is 38.0. The molecule has 0 aliphatic carbocycles. The number of nitrogens with zero attached hydrogens (tertiary/aromatic N) is 10. The summed E-state index contributed by atoms with van der Waals surface area (Å²) in [6, 6.07) is 48.0. The Morgan fingerprint density at radius 2 is 0.516 bits per heavy atom. The molecule has 10 nitrogen and oxygen atoms in total. The van der Waals surface area contributed by atoms with Gasteiger partial charge in [0.2, 0.25) is 0 Å². The molecule has 0 aliphatic heterocycles. The van der Waals surface area contributed by atoms with Gasteiger partial charge in [-0.3, -0.25) is 0 Å². The molecule has 0 N–H and O–H groups in total. The van der Waals surface area contributed by atoms with E-state index < -0.39 is 0 Å². The molecule has 124 heavy (non-hydrogen) atoms.